The number of methoxy groups -OCH3 is 1. The van der Waals surface area contributed by atoms with E-state index in [9.17, 15) is 0 Å². The van der Waals surface area contributed by atoms with Gasteiger partial charge in [-0.3, -0.25) is 0 Å². The highest BCUT2D eigenvalue weighted by molar-refractivity contribution is 7.09. The molecule has 2 aromatic rings. The molecule has 0 bridgehead atoms. The van der Waals surface area contributed by atoms with E-state index in [1.165, 1.54) is 16.9 Å². The quantitative estimate of drug-likeness (QED) is 0.852. The molecule has 0 saturated heterocycles. The summed E-state index contributed by atoms with van der Waals surface area (Å²) in [7, 11) is 1.71. The maximum atomic E-state index is 5.40. The standard InChI is InChI=1S/C13H14N2OS/c1-16-13-5-3-2-4-9(13)10-6-14-11-7-17-8-12(11)15-10/h2-5,7-8,10,14-15H,6H2,1H3. The highest BCUT2D eigenvalue weighted by Crippen LogP contribution is 2.36. The van der Waals surface area contributed by atoms with E-state index in [0.717, 1.165) is 12.3 Å². The largest absolute Gasteiger partial charge is 0.496 e. The lowest BCUT2D eigenvalue weighted by Crippen LogP contribution is -2.25. The Bertz CT molecular complexity index is 524. The number of anilines is 2. The second-order valence-electron chi connectivity index (χ2n) is 4.02. The van der Waals surface area contributed by atoms with Crippen LogP contribution in [-0.4, -0.2) is 13.7 Å². The van der Waals surface area contributed by atoms with Gasteiger partial charge in [-0.2, -0.15) is 0 Å². The third kappa shape index (κ3) is 1.85. The van der Waals surface area contributed by atoms with Crippen molar-refractivity contribution >= 4 is 22.7 Å². The fourth-order valence-electron chi connectivity index (χ4n) is 2.14. The lowest BCUT2D eigenvalue weighted by molar-refractivity contribution is 0.407. The lowest BCUT2D eigenvalue weighted by atomic mass is 10.0. The Morgan fingerprint density at radius 1 is 1.24 bits per heavy atom. The van der Waals surface area contributed by atoms with Gasteiger partial charge in [0.1, 0.15) is 5.75 Å². The number of thiophene rings is 1. The first-order valence-electron chi connectivity index (χ1n) is 5.58. The van der Waals surface area contributed by atoms with E-state index in [-0.39, 0.29) is 6.04 Å². The third-order valence-corrected chi connectivity index (χ3v) is 3.75. The first-order valence-corrected chi connectivity index (χ1v) is 6.52. The molecule has 0 aliphatic carbocycles. The number of hydrogen-bond donors (Lipinski definition) is 2. The summed E-state index contributed by atoms with van der Waals surface area (Å²) in [4.78, 5) is 0. The van der Waals surface area contributed by atoms with Crippen LogP contribution in [0.5, 0.6) is 5.75 Å². The van der Waals surface area contributed by atoms with E-state index in [4.69, 9.17) is 4.74 Å². The van der Waals surface area contributed by atoms with E-state index in [0.29, 0.717) is 0 Å². The van der Waals surface area contributed by atoms with Gasteiger partial charge in [-0.1, -0.05) is 18.2 Å². The predicted octanol–water partition coefficient (Wildman–Crippen LogP) is 3.34. The van der Waals surface area contributed by atoms with Crippen molar-refractivity contribution in [2.24, 2.45) is 0 Å². The van der Waals surface area contributed by atoms with Gasteiger partial charge in [-0.25, -0.2) is 0 Å². The van der Waals surface area contributed by atoms with Gasteiger partial charge in [0.05, 0.1) is 24.5 Å². The van der Waals surface area contributed by atoms with Crippen molar-refractivity contribution in [3.8, 4) is 5.75 Å². The molecule has 0 fully saturated rings. The molecule has 1 aliphatic heterocycles. The molecule has 3 nitrogen and oxygen atoms in total. The second-order valence-corrected chi connectivity index (χ2v) is 4.76. The normalized spacial score (nSPS) is 17.8. The van der Waals surface area contributed by atoms with Crippen molar-refractivity contribution in [2.75, 3.05) is 24.3 Å². The van der Waals surface area contributed by atoms with E-state index in [2.05, 4.69) is 27.5 Å². The molecule has 2 heterocycles. The first-order chi connectivity index (χ1) is 8.38. The molecule has 1 atom stereocenters. The summed E-state index contributed by atoms with van der Waals surface area (Å²) in [5.41, 5.74) is 3.57. The van der Waals surface area contributed by atoms with Crippen LogP contribution in [0.4, 0.5) is 11.4 Å². The van der Waals surface area contributed by atoms with Gasteiger partial charge >= 0.3 is 0 Å². The van der Waals surface area contributed by atoms with E-state index < -0.39 is 0 Å². The average Bonchev–Trinajstić information content (AvgIpc) is 2.85. The number of fused-ring (bicyclic) bond motifs is 1. The van der Waals surface area contributed by atoms with Crippen molar-refractivity contribution in [3.63, 3.8) is 0 Å². The monoisotopic (exact) mass is 246 g/mol. The highest BCUT2D eigenvalue weighted by Gasteiger charge is 2.21. The summed E-state index contributed by atoms with van der Waals surface area (Å²) >= 11 is 1.71. The van der Waals surface area contributed by atoms with Crippen LogP contribution in [0.2, 0.25) is 0 Å². The Balaban J connectivity index is 1.91. The smallest absolute Gasteiger partial charge is 0.124 e. The van der Waals surface area contributed by atoms with Crippen LogP contribution in [0.3, 0.4) is 0 Å². The fraction of sp³-hybridized carbons (Fsp3) is 0.231. The van der Waals surface area contributed by atoms with Crippen LogP contribution >= 0.6 is 11.3 Å². The molecule has 1 aliphatic rings. The van der Waals surface area contributed by atoms with Gasteiger partial charge in [0.15, 0.2) is 0 Å². The zero-order valence-corrected chi connectivity index (χ0v) is 10.4. The number of para-hydroxylation sites is 1. The van der Waals surface area contributed by atoms with E-state index >= 15 is 0 Å². The van der Waals surface area contributed by atoms with Gasteiger partial charge in [0.2, 0.25) is 0 Å². The molecular weight excluding hydrogens is 232 g/mol. The maximum Gasteiger partial charge on any atom is 0.124 e. The molecule has 1 aromatic heterocycles. The average molecular weight is 246 g/mol. The van der Waals surface area contributed by atoms with Crippen LogP contribution in [0.15, 0.2) is 35.0 Å². The van der Waals surface area contributed by atoms with Gasteiger partial charge in [0.25, 0.3) is 0 Å². The predicted molar refractivity (Wildman–Crippen MR) is 72.2 cm³/mol. The van der Waals surface area contributed by atoms with Crippen LogP contribution in [-0.2, 0) is 0 Å². The Hall–Kier alpha value is -1.68. The van der Waals surface area contributed by atoms with Crippen LogP contribution in [0, 0.1) is 0 Å². The zero-order valence-electron chi connectivity index (χ0n) is 9.57. The van der Waals surface area contributed by atoms with Crippen molar-refractivity contribution in [3.05, 3.63) is 40.6 Å². The number of benzene rings is 1. The second kappa shape index (κ2) is 4.30. The minimum absolute atomic E-state index is 0.258. The molecule has 3 rings (SSSR count). The minimum Gasteiger partial charge on any atom is -0.496 e. The van der Waals surface area contributed by atoms with Crippen LogP contribution in [0.1, 0.15) is 11.6 Å². The molecular formula is C13H14N2OS. The molecule has 17 heavy (non-hydrogen) atoms. The molecule has 4 heteroatoms. The summed E-state index contributed by atoms with van der Waals surface area (Å²) in [5.74, 6) is 0.936. The summed E-state index contributed by atoms with van der Waals surface area (Å²) in [5, 5.41) is 11.2. The lowest BCUT2D eigenvalue weighted by Gasteiger charge is -2.27. The van der Waals surface area contributed by atoms with E-state index in [1.807, 2.05) is 18.2 Å². The molecule has 0 spiro atoms. The molecule has 1 aromatic carbocycles. The van der Waals surface area contributed by atoms with Gasteiger partial charge in [-0.15, -0.1) is 11.3 Å². The van der Waals surface area contributed by atoms with Crippen molar-refractivity contribution < 1.29 is 4.74 Å². The summed E-state index contributed by atoms with van der Waals surface area (Å²) in [6, 6.07) is 8.40. The van der Waals surface area contributed by atoms with Crippen molar-refractivity contribution in [2.45, 2.75) is 6.04 Å². The molecule has 1 unspecified atom stereocenters. The topological polar surface area (TPSA) is 33.3 Å². The fourth-order valence-corrected chi connectivity index (χ4v) is 2.88. The summed E-state index contributed by atoms with van der Waals surface area (Å²) in [6.07, 6.45) is 0. The number of rotatable bonds is 2. The van der Waals surface area contributed by atoms with Gasteiger partial charge in [0, 0.05) is 22.9 Å². The summed E-state index contributed by atoms with van der Waals surface area (Å²) < 4.78 is 5.40. The Labute approximate surface area is 104 Å². The van der Waals surface area contributed by atoms with E-state index in [1.54, 1.807) is 18.4 Å². The Kier molecular flexibility index (Phi) is 2.65. The number of ether oxygens (including phenoxy) is 1. The minimum atomic E-state index is 0.258. The van der Waals surface area contributed by atoms with Gasteiger partial charge in [-0.05, 0) is 6.07 Å². The van der Waals surface area contributed by atoms with Gasteiger partial charge < -0.3 is 15.4 Å². The first kappa shape index (κ1) is 10.5. The maximum absolute atomic E-state index is 5.40. The molecule has 0 radical (unpaired) electrons. The molecule has 88 valence electrons. The number of hydrogen-bond acceptors (Lipinski definition) is 4. The molecule has 0 saturated carbocycles. The highest BCUT2D eigenvalue weighted by atomic mass is 32.1. The third-order valence-electron chi connectivity index (χ3n) is 3.00. The summed E-state index contributed by atoms with van der Waals surface area (Å²) in [6.45, 7) is 0.879. The SMILES string of the molecule is COc1ccccc1C1CNc2cscc2N1. The van der Waals surface area contributed by atoms with Crippen molar-refractivity contribution in [1.29, 1.82) is 0 Å². The Morgan fingerprint density at radius 3 is 2.94 bits per heavy atom. The van der Waals surface area contributed by atoms with Crippen LogP contribution < -0.4 is 15.4 Å². The van der Waals surface area contributed by atoms with Crippen LogP contribution in [0.25, 0.3) is 0 Å². The Morgan fingerprint density at radius 2 is 2.06 bits per heavy atom. The zero-order chi connectivity index (χ0) is 11.7. The molecule has 0 amide bonds. The number of nitrogens with one attached hydrogen (secondary N) is 2. The molecule has 2 N–H and O–H groups in total. The van der Waals surface area contributed by atoms with Crippen molar-refractivity contribution in [1.82, 2.24) is 0 Å².